The molecule has 4 heterocycles. The lowest BCUT2D eigenvalue weighted by Crippen LogP contribution is -2.26. The quantitative estimate of drug-likeness (QED) is 0.420. The Labute approximate surface area is 190 Å². The molecule has 5 rings (SSSR count). The molecule has 0 saturated carbocycles. The highest BCUT2D eigenvalue weighted by Crippen LogP contribution is 2.30. The molecular formula is C23H23N9O. The molecule has 0 atom stereocenters. The molecule has 1 aliphatic heterocycles. The van der Waals surface area contributed by atoms with E-state index in [0.717, 1.165) is 45.9 Å². The molecule has 1 amide bonds. The fourth-order valence-corrected chi connectivity index (χ4v) is 3.62. The number of hydrogen-bond donors (Lipinski definition) is 3. The fraction of sp³-hybridized carbons (Fsp3) is 0.174. The average molecular weight is 441 g/mol. The van der Waals surface area contributed by atoms with Crippen LogP contribution in [0.1, 0.15) is 24.3 Å². The normalized spacial score (nSPS) is 12.5. The van der Waals surface area contributed by atoms with Crippen molar-refractivity contribution in [3.63, 3.8) is 0 Å². The van der Waals surface area contributed by atoms with Gasteiger partial charge in [-0.15, -0.1) is 0 Å². The zero-order valence-electron chi connectivity index (χ0n) is 18.3. The van der Waals surface area contributed by atoms with Crippen LogP contribution in [0.3, 0.4) is 0 Å². The van der Waals surface area contributed by atoms with Gasteiger partial charge in [-0.3, -0.25) is 9.78 Å². The van der Waals surface area contributed by atoms with Gasteiger partial charge in [-0.25, -0.2) is 14.6 Å². The van der Waals surface area contributed by atoms with Crippen LogP contribution in [0.2, 0.25) is 0 Å². The SMILES string of the molecule is CC(=O)Nc1ccc(NCc2nc(N3C=Cc4ncnn4C3)c(-c3cccc(C)n3)[nH]2)cc1. The molecule has 166 valence electrons. The van der Waals surface area contributed by atoms with E-state index in [1.165, 1.54) is 6.92 Å². The molecule has 0 aliphatic carbocycles. The number of aromatic nitrogens is 6. The molecule has 3 aromatic heterocycles. The van der Waals surface area contributed by atoms with Gasteiger partial charge in [0.05, 0.1) is 12.2 Å². The first-order valence-corrected chi connectivity index (χ1v) is 10.5. The molecule has 4 aromatic rings. The van der Waals surface area contributed by atoms with Crippen LogP contribution in [0.5, 0.6) is 0 Å². The van der Waals surface area contributed by atoms with E-state index in [1.807, 2.05) is 71.2 Å². The Balaban J connectivity index is 1.40. The highest BCUT2D eigenvalue weighted by Gasteiger charge is 2.21. The van der Waals surface area contributed by atoms with E-state index < -0.39 is 0 Å². The molecule has 10 heteroatoms. The number of carbonyl (C=O) groups excluding carboxylic acids is 1. The third-order valence-electron chi connectivity index (χ3n) is 5.15. The zero-order valence-corrected chi connectivity index (χ0v) is 18.3. The number of imidazole rings is 1. The van der Waals surface area contributed by atoms with Crippen molar-refractivity contribution in [3.05, 3.63) is 72.3 Å². The summed E-state index contributed by atoms with van der Waals surface area (Å²) in [7, 11) is 0. The van der Waals surface area contributed by atoms with E-state index in [0.29, 0.717) is 13.2 Å². The van der Waals surface area contributed by atoms with Gasteiger partial charge in [-0.1, -0.05) is 6.07 Å². The van der Waals surface area contributed by atoms with Gasteiger partial charge in [0, 0.05) is 30.2 Å². The Hall–Kier alpha value is -4.47. The number of hydrogen-bond acceptors (Lipinski definition) is 7. The molecular weight excluding hydrogens is 418 g/mol. The molecule has 33 heavy (non-hydrogen) atoms. The Morgan fingerprint density at radius 2 is 1.94 bits per heavy atom. The van der Waals surface area contributed by atoms with Crippen molar-refractivity contribution in [2.24, 2.45) is 0 Å². The van der Waals surface area contributed by atoms with Crippen LogP contribution in [-0.4, -0.2) is 35.6 Å². The molecule has 0 unspecified atom stereocenters. The average Bonchev–Trinajstić information content (AvgIpc) is 3.45. The van der Waals surface area contributed by atoms with E-state index in [2.05, 4.69) is 30.7 Å². The van der Waals surface area contributed by atoms with Crippen LogP contribution in [0.4, 0.5) is 17.2 Å². The third kappa shape index (κ3) is 4.45. The van der Waals surface area contributed by atoms with Crippen LogP contribution in [0.15, 0.2) is 55.0 Å². The summed E-state index contributed by atoms with van der Waals surface area (Å²) in [6.07, 6.45) is 5.41. The van der Waals surface area contributed by atoms with Crippen molar-refractivity contribution in [1.29, 1.82) is 0 Å². The van der Waals surface area contributed by atoms with Gasteiger partial charge in [0.15, 0.2) is 11.6 Å². The Kier molecular flexibility index (Phi) is 5.31. The topological polar surface area (TPSA) is 117 Å². The zero-order chi connectivity index (χ0) is 22.8. The minimum absolute atomic E-state index is 0.0964. The molecule has 0 radical (unpaired) electrons. The molecule has 1 aromatic carbocycles. The van der Waals surface area contributed by atoms with Gasteiger partial charge in [0.1, 0.15) is 24.5 Å². The summed E-state index contributed by atoms with van der Waals surface area (Å²) in [6.45, 7) is 4.45. The van der Waals surface area contributed by atoms with Gasteiger partial charge in [0.2, 0.25) is 5.91 Å². The van der Waals surface area contributed by atoms with Crippen molar-refractivity contribution in [3.8, 4) is 11.4 Å². The van der Waals surface area contributed by atoms with Gasteiger partial charge in [-0.05, 0) is 49.4 Å². The van der Waals surface area contributed by atoms with Crippen LogP contribution in [-0.2, 0) is 18.0 Å². The number of H-pyrrole nitrogens is 1. The predicted octanol–water partition coefficient (Wildman–Crippen LogP) is 3.39. The highest BCUT2D eigenvalue weighted by molar-refractivity contribution is 5.88. The lowest BCUT2D eigenvalue weighted by molar-refractivity contribution is -0.114. The maximum atomic E-state index is 11.2. The van der Waals surface area contributed by atoms with Gasteiger partial charge >= 0.3 is 0 Å². The number of rotatable bonds is 6. The number of fused-ring (bicyclic) bond motifs is 1. The first-order chi connectivity index (χ1) is 16.0. The van der Waals surface area contributed by atoms with Gasteiger partial charge in [0.25, 0.3) is 0 Å². The van der Waals surface area contributed by atoms with Crippen LogP contribution in [0.25, 0.3) is 17.5 Å². The summed E-state index contributed by atoms with van der Waals surface area (Å²) in [5, 5.41) is 10.4. The molecule has 10 nitrogen and oxygen atoms in total. The molecule has 0 spiro atoms. The third-order valence-corrected chi connectivity index (χ3v) is 5.15. The van der Waals surface area contributed by atoms with Crippen molar-refractivity contribution >= 4 is 29.2 Å². The molecule has 1 aliphatic rings. The van der Waals surface area contributed by atoms with Crippen molar-refractivity contribution < 1.29 is 4.79 Å². The number of aryl methyl sites for hydroxylation is 1. The number of aromatic amines is 1. The minimum Gasteiger partial charge on any atom is -0.378 e. The number of carbonyl (C=O) groups is 1. The molecule has 0 bridgehead atoms. The number of pyridine rings is 1. The second kappa shape index (κ2) is 8.58. The molecule has 3 N–H and O–H groups in total. The Morgan fingerprint density at radius 3 is 2.73 bits per heavy atom. The fourth-order valence-electron chi connectivity index (χ4n) is 3.62. The van der Waals surface area contributed by atoms with Crippen molar-refractivity contribution in [2.45, 2.75) is 27.1 Å². The van der Waals surface area contributed by atoms with Crippen LogP contribution < -0.4 is 15.5 Å². The Morgan fingerprint density at radius 1 is 1.12 bits per heavy atom. The first-order valence-electron chi connectivity index (χ1n) is 10.5. The van der Waals surface area contributed by atoms with Crippen molar-refractivity contribution in [2.75, 3.05) is 15.5 Å². The molecule has 0 saturated heterocycles. The van der Waals surface area contributed by atoms with E-state index >= 15 is 0 Å². The lowest BCUT2D eigenvalue weighted by Gasteiger charge is -2.22. The maximum Gasteiger partial charge on any atom is 0.221 e. The van der Waals surface area contributed by atoms with Gasteiger partial charge in [-0.2, -0.15) is 5.10 Å². The first kappa shape index (κ1) is 20.4. The maximum absolute atomic E-state index is 11.2. The summed E-state index contributed by atoms with van der Waals surface area (Å²) in [5.41, 5.74) is 4.26. The standard InChI is InChI=1S/C23H23N9O/c1-15-4-3-5-19(27-15)22-23(31-11-10-21-25-13-26-32(21)14-31)30-20(29-22)12-24-17-6-8-18(9-7-17)28-16(2)33/h3-11,13,24H,12,14H2,1-2H3,(H,28,33)(H,29,30). The predicted molar refractivity (Wildman–Crippen MR) is 126 cm³/mol. The number of nitrogens with one attached hydrogen (secondary N) is 3. The van der Waals surface area contributed by atoms with Crippen LogP contribution >= 0.6 is 0 Å². The van der Waals surface area contributed by atoms with E-state index in [-0.39, 0.29) is 5.91 Å². The summed E-state index contributed by atoms with van der Waals surface area (Å²) >= 11 is 0. The number of benzene rings is 1. The summed E-state index contributed by atoms with van der Waals surface area (Å²) in [5.74, 6) is 2.25. The lowest BCUT2D eigenvalue weighted by atomic mass is 10.2. The van der Waals surface area contributed by atoms with Crippen LogP contribution in [0, 0.1) is 6.92 Å². The van der Waals surface area contributed by atoms with E-state index in [4.69, 9.17) is 4.98 Å². The smallest absolute Gasteiger partial charge is 0.221 e. The number of nitrogens with zero attached hydrogens (tertiary/aromatic N) is 6. The van der Waals surface area contributed by atoms with Crippen molar-refractivity contribution in [1.82, 2.24) is 29.7 Å². The summed E-state index contributed by atoms with van der Waals surface area (Å²) in [6, 6.07) is 13.5. The minimum atomic E-state index is -0.0964. The van der Waals surface area contributed by atoms with E-state index in [9.17, 15) is 4.79 Å². The summed E-state index contributed by atoms with van der Waals surface area (Å²) in [4.78, 5) is 30.4. The number of amides is 1. The Bertz CT molecular complexity index is 1320. The summed E-state index contributed by atoms with van der Waals surface area (Å²) < 4.78 is 1.82. The number of anilines is 3. The van der Waals surface area contributed by atoms with E-state index in [1.54, 1.807) is 6.33 Å². The van der Waals surface area contributed by atoms with Gasteiger partial charge < -0.3 is 20.5 Å². The second-order valence-electron chi connectivity index (χ2n) is 7.70. The largest absolute Gasteiger partial charge is 0.378 e. The highest BCUT2D eigenvalue weighted by atomic mass is 16.1. The second-order valence-corrected chi connectivity index (χ2v) is 7.70. The monoisotopic (exact) mass is 441 g/mol. The molecule has 0 fully saturated rings.